The van der Waals surface area contributed by atoms with E-state index in [0.717, 1.165) is 6.07 Å². The number of carbonyl (C=O) groups excluding carboxylic acids is 1. The topological polar surface area (TPSA) is 71.4 Å². The van der Waals surface area contributed by atoms with E-state index in [0.29, 0.717) is 5.02 Å². The molecular weight excluding hydrogens is 346 g/mol. The summed E-state index contributed by atoms with van der Waals surface area (Å²) in [6.07, 6.45) is 0. The minimum Gasteiger partial charge on any atom is -0.289 e. The van der Waals surface area contributed by atoms with E-state index in [2.05, 4.69) is 0 Å². The van der Waals surface area contributed by atoms with Crippen LogP contribution >= 0.6 is 23.2 Å². The molecule has 0 aliphatic carbocycles. The van der Waals surface area contributed by atoms with Crippen molar-refractivity contribution in [3.63, 3.8) is 0 Å². The van der Waals surface area contributed by atoms with E-state index < -0.39 is 15.9 Å². The van der Waals surface area contributed by atoms with Gasteiger partial charge < -0.3 is 0 Å². The van der Waals surface area contributed by atoms with Crippen LogP contribution in [0.3, 0.4) is 0 Å². The standard InChI is InChI=1S/C13H8Cl2O4S.Na/c14-9-4-5-12(15)11(7-9)13(16)8-2-1-3-10(6-8)20(17,18)19;/h1-7H,(H,17,18,19);. The van der Waals surface area contributed by atoms with Crippen molar-refractivity contribution in [3.8, 4) is 0 Å². The van der Waals surface area contributed by atoms with Gasteiger partial charge in [0.2, 0.25) is 0 Å². The molecule has 105 valence electrons. The van der Waals surface area contributed by atoms with Gasteiger partial charge in [-0.25, -0.2) is 0 Å². The van der Waals surface area contributed by atoms with Crippen LogP contribution in [0.5, 0.6) is 0 Å². The molecule has 0 bridgehead atoms. The summed E-state index contributed by atoms with van der Waals surface area (Å²) in [5, 5.41) is 0.542. The third kappa shape index (κ3) is 4.53. The van der Waals surface area contributed by atoms with E-state index >= 15 is 0 Å². The smallest absolute Gasteiger partial charge is 0.289 e. The minimum atomic E-state index is -4.37. The molecule has 0 aliphatic rings. The van der Waals surface area contributed by atoms with Gasteiger partial charge in [0.15, 0.2) is 5.78 Å². The van der Waals surface area contributed by atoms with E-state index in [1.807, 2.05) is 0 Å². The van der Waals surface area contributed by atoms with E-state index in [9.17, 15) is 13.2 Å². The molecular formula is C13H8Cl2NaO4S. The van der Waals surface area contributed by atoms with Crippen LogP contribution in [0.4, 0.5) is 0 Å². The molecule has 0 saturated carbocycles. The zero-order valence-electron chi connectivity index (χ0n) is 10.9. The fourth-order valence-electron chi connectivity index (χ4n) is 1.62. The molecule has 8 heteroatoms. The maximum Gasteiger partial charge on any atom is 0.294 e. The molecule has 4 nitrogen and oxygen atoms in total. The SMILES string of the molecule is O=C(c1cccc(S(=O)(=O)O)c1)c1cc(Cl)ccc1Cl.[Na]. The van der Waals surface area contributed by atoms with Crippen LogP contribution in [0.15, 0.2) is 47.4 Å². The van der Waals surface area contributed by atoms with Crippen LogP contribution in [-0.2, 0) is 10.1 Å². The third-order valence-corrected chi connectivity index (χ3v) is 3.98. The molecule has 2 aromatic rings. The molecule has 1 N–H and O–H groups in total. The maximum absolute atomic E-state index is 12.3. The Kier molecular flexibility index (Phi) is 6.43. The normalized spacial score (nSPS) is 10.8. The van der Waals surface area contributed by atoms with E-state index in [1.54, 1.807) is 0 Å². The molecule has 0 spiro atoms. The number of carbonyl (C=O) groups is 1. The number of halogens is 2. The predicted octanol–water partition coefficient (Wildman–Crippen LogP) is 3.09. The van der Waals surface area contributed by atoms with Crippen LogP contribution in [0.1, 0.15) is 15.9 Å². The van der Waals surface area contributed by atoms with Gasteiger partial charge in [0.25, 0.3) is 10.1 Å². The summed E-state index contributed by atoms with van der Waals surface area (Å²) in [4.78, 5) is 11.9. The summed E-state index contributed by atoms with van der Waals surface area (Å²) in [5.74, 6) is -0.483. The molecule has 1 radical (unpaired) electrons. The van der Waals surface area contributed by atoms with Crippen molar-refractivity contribution >= 4 is 68.7 Å². The van der Waals surface area contributed by atoms with Crippen LogP contribution in [0.25, 0.3) is 0 Å². The quantitative estimate of drug-likeness (QED) is 0.522. The van der Waals surface area contributed by atoms with Gasteiger partial charge in [-0.15, -0.1) is 0 Å². The van der Waals surface area contributed by atoms with Gasteiger partial charge in [0.1, 0.15) is 0 Å². The fourth-order valence-corrected chi connectivity index (χ4v) is 2.53. The Morgan fingerprint density at radius 3 is 2.33 bits per heavy atom. The Morgan fingerprint density at radius 1 is 1.05 bits per heavy atom. The third-order valence-electron chi connectivity index (χ3n) is 2.57. The fraction of sp³-hybridized carbons (Fsp3) is 0. The Morgan fingerprint density at radius 2 is 1.71 bits per heavy atom. The van der Waals surface area contributed by atoms with Crippen LogP contribution in [0.2, 0.25) is 10.0 Å². The summed E-state index contributed by atoms with van der Waals surface area (Å²) < 4.78 is 31.1. The average molecular weight is 354 g/mol. The summed E-state index contributed by atoms with van der Waals surface area (Å²) >= 11 is 11.7. The van der Waals surface area contributed by atoms with Crippen LogP contribution < -0.4 is 0 Å². The Hall–Kier alpha value is -0.400. The molecule has 0 aromatic heterocycles. The van der Waals surface area contributed by atoms with Gasteiger partial charge in [-0.05, 0) is 30.3 Å². The Bertz CT molecular complexity index is 791. The van der Waals surface area contributed by atoms with Gasteiger partial charge in [-0.3, -0.25) is 9.35 Å². The first kappa shape index (κ1) is 18.6. The zero-order chi connectivity index (χ0) is 14.9. The average Bonchev–Trinajstić information content (AvgIpc) is 2.40. The predicted molar refractivity (Wildman–Crippen MR) is 81.9 cm³/mol. The molecule has 21 heavy (non-hydrogen) atoms. The van der Waals surface area contributed by atoms with Crippen molar-refractivity contribution in [1.29, 1.82) is 0 Å². The second-order valence-electron chi connectivity index (χ2n) is 3.96. The van der Waals surface area contributed by atoms with Crippen molar-refractivity contribution in [2.45, 2.75) is 4.90 Å². The van der Waals surface area contributed by atoms with E-state index in [4.69, 9.17) is 27.8 Å². The number of benzene rings is 2. The van der Waals surface area contributed by atoms with Crippen LogP contribution in [-0.4, -0.2) is 48.3 Å². The molecule has 0 saturated heterocycles. The summed E-state index contributed by atoms with van der Waals surface area (Å²) in [6, 6.07) is 9.45. The van der Waals surface area contributed by atoms with Gasteiger partial charge in [0, 0.05) is 45.7 Å². The number of rotatable bonds is 3. The van der Waals surface area contributed by atoms with Crippen molar-refractivity contribution in [1.82, 2.24) is 0 Å². The number of ketones is 1. The van der Waals surface area contributed by atoms with Gasteiger partial charge in [0.05, 0.1) is 9.92 Å². The second kappa shape index (κ2) is 7.24. The maximum atomic E-state index is 12.3. The molecule has 0 unspecified atom stereocenters. The first-order chi connectivity index (χ1) is 9.29. The van der Waals surface area contributed by atoms with Crippen molar-refractivity contribution < 1.29 is 17.8 Å². The van der Waals surface area contributed by atoms with Gasteiger partial charge in [-0.1, -0.05) is 35.3 Å². The molecule has 0 fully saturated rings. The van der Waals surface area contributed by atoms with Gasteiger partial charge in [-0.2, -0.15) is 8.42 Å². The monoisotopic (exact) mass is 353 g/mol. The largest absolute Gasteiger partial charge is 0.294 e. The molecule has 0 amide bonds. The molecule has 2 aromatic carbocycles. The van der Waals surface area contributed by atoms with Crippen molar-refractivity contribution in [3.05, 3.63) is 63.6 Å². The van der Waals surface area contributed by atoms with Crippen molar-refractivity contribution in [2.75, 3.05) is 0 Å². The van der Waals surface area contributed by atoms with Crippen LogP contribution in [0, 0.1) is 0 Å². The second-order valence-corrected chi connectivity index (χ2v) is 6.22. The van der Waals surface area contributed by atoms with Gasteiger partial charge >= 0.3 is 0 Å². The molecule has 0 atom stereocenters. The van der Waals surface area contributed by atoms with Crippen molar-refractivity contribution in [2.24, 2.45) is 0 Å². The molecule has 2 rings (SSSR count). The summed E-state index contributed by atoms with van der Waals surface area (Å²) in [6.45, 7) is 0. The Labute approximate surface area is 154 Å². The minimum absolute atomic E-state index is 0. The first-order valence-electron chi connectivity index (χ1n) is 5.36. The zero-order valence-corrected chi connectivity index (χ0v) is 15.2. The van der Waals surface area contributed by atoms with E-state index in [-0.39, 0.29) is 50.6 Å². The molecule has 0 heterocycles. The number of hydrogen-bond acceptors (Lipinski definition) is 3. The van der Waals surface area contributed by atoms with E-state index in [1.165, 1.54) is 36.4 Å². The summed E-state index contributed by atoms with van der Waals surface area (Å²) in [7, 11) is -4.37. The first-order valence-corrected chi connectivity index (χ1v) is 7.56. The molecule has 0 aliphatic heterocycles. The summed E-state index contributed by atoms with van der Waals surface area (Å²) in [5.41, 5.74) is 0.246. The number of hydrogen-bond donors (Lipinski definition) is 1. The Balaban J connectivity index is 0.00000220.